The lowest BCUT2D eigenvalue weighted by Gasteiger charge is -2.11. The summed E-state index contributed by atoms with van der Waals surface area (Å²) in [6.45, 7) is -1.48. The van der Waals surface area contributed by atoms with Crippen molar-refractivity contribution < 1.29 is 27.4 Å². The van der Waals surface area contributed by atoms with Crippen molar-refractivity contribution in [2.45, 2.75) is 6.18 Å². The zero-order chi connectivity index (χ0) is 21.9. The van der Waals surface area contributed by atoms with Crippen molar-refractivity contribution in [2.75, 3.05) is 19.0 Å². The van der Waals surface area contributed by atoms with Crippen molar-refractivity contribution in [2.24, 2.45) is 7.05 Å². The Hall–Kier alpha value is -3.83. The fraction of sp³-hybridized carbons (Fsp3) is 0.222. The van der Waals surface area contributed by atoms with Crippen LogP contribution in [0, 0.1) is 0 Å². The average molecular weight is 423 g/mol. The zero-order valence-electron chi connectivity index (χ0n) is 15.8. The SMILES string of the molecule is COc1cnn(C)c1-n1cccc(C(=O)Nc2ccc(OCC(F)(F)F)nc2)c1=O. The summed E-state index contributed by atoms with van der Waals surface area (Å²) >= 11 is 0. The van der Waals surface area contributed by atoms with Gasteiger partial charge in [0.15, 0.2) is 18.2 Å². The smallest absolute Gasteiger partial charge is 0.422 e. The molecular weight excluding hydrogens is 407 g/mol. The number of ether oxygens (including phenoxy) is 2. The van der Waals surface area contributed by atoms with Gasteiger partial charge in [-0.2, -0.15) is 18.3 Å². The molecule has 30 heavy (non-hydrogen) atoms. The molecule has 0 saturated heterocycles. The first kappa shape index (κ1) is 20.9. The van der Waals surface area contributed by atoms with Crippen molar-refractivity contribution in [1.29, 1.82) is 0 Å². The van der Waals surface area contributed by atoms with Gasteiger partial charge in [-0.1, -0.05) is 0 Å². The van der Waals surface area contributed by atoms with Crippen LogP contribution in [0.1, 0.15) is 10.4 Å². The second-order valence-electron chi connectivity index (χ2n) is 6.00. The lowest BCUT2D eigenvalue weighted by Crippen LogP contribution is -2.29. The highest BCUT2D eigenvalue weighted by Crippen LogP contribution is 2.20. The molecule has 3 heterocycles. The van der Waals surface area contributed by atoms with Gasteiger partial charge in [0.1, 0.15) is 5.56 Å². The van der Waals surface area contributed by atoms with Crippen LogP contribution in [0.3, 0.4) is 0 Å². The molecule has 0 radical (unpaired) electrons. The number of aromatic nitrogens is 4. The van der Waals surface area contributed by atoms with Crippen LogP contribution in [0.25, 0.3) is 5.82 Å². The van der Waals surface area contributed by atoms with Gasteiger partial charge in [0.2, 0.25) is 5.88 Å². The third kappa shape index (κ3) is 4.59. The van der Waals surface area contributed by atoms with Gasteiger partial charge in [0, 0.05) is 19.3 Å². The number of methoxy groups -OCH3 is 1. The molecule has 3 aromatic rings. The summed E-state index contributed by atoms with van der Waals surface area (Å²) in [5.74, 6) is -0.294. The largest absolute Gasteiger partial charge is 0.491 e. The minimum atomic E-state index is -4.49. The molecule has 0 atom stereocenters. The Kier molecular flexibility index (Phi) is 5.76. The van der Waals surface area contributed by atoms with E-state index in [9.17, 15) is 22.8 Å². The molecule has 0 spiro atoms. The molecule has 1 amide bonds. The van der Waals surface area contributed by atoms with Gasteiger partial charge in [0.05, 0.1) is 25.2 Å². The zero-order valence-corrected chi connectivity index (χ0v) is 15.8. The van der Waals surface area contributed by atoms with Crippen LogP contribution in [0.2, 0.25) is 0 Å². The van der Waals surface area contributed by atoms with E-state index in [2.05, 4.69) is 20.1 Å². The van der Waals surface area contributed by atoms with Crippen LogP contribution in [0.5, 0.6) is 11.6 Å². The summed E-state index contributed by atoms with van der Waals surface area (Å²) in [5.41, 5.74) is -0.611. The number of pyridine rings is 2. The van der Waals surface area contributed by atoms with Gasteiger partial charge in [-0.15, -0.1) is 0 Å². The molecule has 0 aliphatic heterocycles. The first-order valence-corrected chi connectivity index (χ1v) is 8.44. The molecule has 158 valence electrons. The van der Waals surface area contributed by atoms with Crippen LogP contribution in [0.4, 0.5) is 18.9 Å². The van der Waals surface area contributed by atoms with Gasteiger partial charge in [-0.05, 0) is 18.2 Å². The maximum Gasteiger partial charge on any atom is 0.422 e. The van der Waals surface area contributed by atoms with Gasteiger partial charge in [-0.25, -0.2) is 9.67 Å². The van der Waals surface area contributed by atoms with Gasteiger partial charge >= 0.3 is 6.18 Å². The number of alkyl halides is 3. The molecule has 3 rings (SSSR count). The Morgan fingerprint density at radius 3 is 2.63 bits per heavy atom. The fourth-order valence-corrected chi connectivity index (χ4v) is 2.56. The van der Waals surface area contributed by atoms with E-state index >= 15 is 0 Å². The number of anilines is 1. The lowest BCUT2D eigenvalue weighted by atomic mass is 10.2. The first-order valence-electron chi connectivity index (χ1n) is 8.44. The van der Waals surface area contributed by atoms with Crippen molar-refractivity contribution >= 4 is 11.6 Å². The van der Waals surface area contributed by atoms with Crippen LogP contribution < -0.4 is 20.3 Å². The van der Waals surface area contributed by atoms with Crippen LogP contribution >= 0.6 is 0 Å². The summed E-state index contributed by atoms with van der Waals surface area (Å²) in [4.78, 5) is 29.1. The highest BCUT2D eigenvalue weighted by molar-refractivity contribution is 6.03. The molecular formula is C18H16F3N5O4. The standard InChI is InChI=1S/C18H16F3N5O4/c1-25-16(13(29-2)9-23-25)26-7-3-4-12(17(26)28)15(27)24-11-5-6-14(22-8-11)30-10-18(19,20)21/h3-9H,10H2,1-2H3,(H,24,27). The van der Waals surface area contributed by atoms with E-state index in [0.717, 1.165) is 6.20 Å². The molecule has 0 bridgehead atoms. The number of aryl methyl sites for hydroxylation is 1. The lowest BCUT2D eigenvalue weighted by molar-refractivity contribution is -0.154. The number of nitrogens with one attached hydrogen (secondary N) is 1. The van der Waals surface area contributed by atoms with E-state index in [1.165, 1.54) is 53.0 Å². The van der Waals surface area contributed by atoms with Crippen molar-refractivity contribution in [3.8, 4) is 17.4 Å². The van der Waals surface area contributed by atoms with Gasteiger partial charge in [0.25, 0.3) is 11.5 Å². The summed E-state index contributed by atoms with van der Waals surface area (Å²) in [6.07, 6.45) is -0.469. The Balaban J connectivity index is 1.80. The highest BCUT2D eigenvalue weighted by atomic mass is 19.4. The highest BCUT2D eigenvalue weighted by Gasteiger charge is 2.28. The van der Waals surface area contributed by atoms with Crippen LogP contribution in [-0.2, 0) is 7.05 Å². The van der Waals surface area contributed by atoms with Gasteiger partial charge in [-0.3, -0.25) is 14.2 Å². The molecule has 9 nitrogen and oxygen atoms in total. The summed E-state index contributed by atoms with van der Waals surface area (Å²) in [6, 6.07) is 5.33. The fourth-order valence-electron chi connectivity index (χ4n) is 2.56. The number of rotatable bonds is 6. The molecule has 12 heteroatoms. The van der Waals surface area contributed by atoms with E-state index < -0.39 is 24.2 Å². The number of nitrogens with zero attached hydrogens (tertiary/aromatic N) is 4. The van der Waals surface area contributed by atoms with Gasteiger partial charge < -0.3 is 14.8 Å². The number of hydrogen-bond acceptors (Lipinski definition) is 6. The number of halogens is 3. The van der Waals surface area contributed by atoms with E-state index in [1.54, 1.807) is 7.05 Å². The third-order valence-corrected chi connectivity index (χ3v) is 3.89. The van der Waals surface area contributed by atoms with Crippen LogP contribution in [-0.4, -0.2) is 45.1 Å². The predicted octanol–water partition coefficient (Wildman–Crippen LogP) is 2.17. The molecule has 0 aliphatic carbocycles. The minimum absolute atomic E-state index is 0.168. The maximum atomic E-state index is 12.8. The molecule has 0 aliphatic rings. The number of carbonyl (C=O) groups excluding carboxylic acids is 1. The second kappa shape index (κ2) is 8.27. The predicted molar refractivity (Wildman–Crippen MR) is 99.1 cm³/mol. The summed E-state index contributed by atoms with van der Waals surface area (Å²) < 4.78 is 48.8. The van der Waals surface area contributed by atoms with Crippen molar-refractivity contribution in [3.05, 3.63) is 58.8 Å². The Bertz CT molecular complexity index is 1110. The topological polar surface area (TPSA) is 100 Å². The number of amides is 1. The molecule has 0 unspecified atom stereocenters. The number of carbonyl (C=O) groups is 1. The molecule has 0 aromatic carbocycles. The molecule has 0 fully saturated rings. The summed E-state index contributed by atoms with van der Waals surface area (Å²) in [5, 5.41) is 6.49. The monoisotopic (exact) mass is 423 g/mol. The quantitative estimate of drug-likeness (QED) is 0.652. The van der Waals surface area contributed by atoms with Crippen molar-refractivity contribution in [1.82, 2.24) is 19.3 Å². The summed E-state index contributed by atoms with van der Waals surface area (Å²) in [7, 11) is 3.04. The third-order valence-electron chi connectivity index (χ3n) is 3.89. The Morgan fingerprint density at radius 1 is 1.23 bits per heavy atom. The van der Waals surface area contributed by atoms with Crippen molar-refractivity contribution in [3.63, 3.8) is 0 Å². The first-order chi connectivity index (χ1) is 14.2. The molecule has 1 N–H and O–H groups in total. The molecule has 3 aromatic heterocycles. The van der Waals surface area contributed by atoms with E-state index in [1.807, 2.05) is 0 Å². The Morgan fingerprint density at radius 2 is 2.00 bits per heavy atom. The van der Waals surface area contributed by atoms with E-state index in [4.69, 9.17) is 4.74 Å². The number of hydrogen-bond donors (Lipinski definition) is 1. The normalized spacial score (nSPS) is 11.2. The maximum absolute atomic E-state index is 12.8. The Labute approximate surface area is 167 Å². The molecule has 0 saturated carbocycles. The van der Waals surface area contributed by atoms with E-state index in [-0.39, 0.29) is 17.1 Å². The second-order valence-corrected chi connectivity index (χ2v) is 6.00. The average Bonchev–Trinajstić information content (AvgIpc) is 3.07. The van der Waals surface area contributed by atoms with Crippen LogP contribution in [0.15, 0.2) is 47.7 Å². The van der Waals surface area contributed by atoms with E-state index in [0.29, 0.717) is 11.6 Å². The minimum Gasteiger partial charge on any atom is -0.491 e.